The summed E-state index contributed by atoms with van der Waals surface area (Å²) in [5, 5.41) is 3.46. The third-order valence-corrected chi connectivity index (χ3v) is 3.29. The Labute approximate surface area is 130 Å². The molecule has 0 aliphatic carbocycles. The van der Waals surface area contributed by atoms with Crippen LogP contribution in [0.1, 0.15) is 11.1 Å². The predicted octanol–water partition coefficient (Wildman–Crippen LogP) is 3.72. The van der Waals surface area contributed by atoms with E-state index in [9.17, 15) is 4.79 Å². The number of nitrogens with zero attached hydrogens (tertiary/aromatic N) is 1. The Morgan fingerprint density at radius 1 is 1.19 bits per heavy atom. The first-order chi connectivity index (χ1) is 10.0. The number of hydrogen-bond donors (Lipinski definition) is 1. The van der Waals surface area contributed by atoms with Crippen LogP contribution in [0.4, 0.5) is 5.69 Å². The monoisotopic (exact) mass is 302 g/mol. The van der Waals surface area contributed by atoms with Crippen molar-refractivity contribution < 1.29 is 4.79 Å². The maximum atomic E-state index is 12.0. The zero-order chi connectivity index (χ0) is 15.2. The molecule has 2 aromatic rings. The Morgan fingerprint density at radius 3 is 2.67 bits per heavy atom. The molecule has 0 saturated carbocycles. The second kappa shape index (κ2) is 7.25. The summed E-state index contributed by atoms with van der Waals surface area (Å²) in [6.45, 7) is 3.14. The molecule has 0 saturated heterocycles. The predicted molar refractivity (Wildman–Crippen MR) is 87.6 cm³/mol. The van der Waals surface area contributed by atoms with E-state index in [1.165, 1.54) is 11.1 Å². The van der Waals surface area contributed by atoms with Gasteiger partial charge in [-0.3, -0.25) is 9.69 Å². The van der Waals surface area contributed by atoms with Crippen LogP contribution < -0.4 is 5.32 Å². The van der Waals surface area contributed by atoms with Crippen LogP contribution in [0.2, 0.25) is 5.02 Å². The van der Waals surface area contributed by atoms with Gasteiger partial charge in [0.15, 0.2) is 0 Å². The van der Waals surface area contributed by atoms with E-state index in [0.717, 1.165) is 12.2 Å². The lowest BCUT2D eigenvalue weighted by Gasteiger charge is -2.16. The standard InChI is InChI=1S/C17H19ClN2O/c1-13-5-3-6-14(9-13)11-20(2)12-17(21)19-16-8-4-7-15(18)10-16/h3-10H,11-12H2,1-2H3,(H,19,21). The highest BCUT2D eigenvalue weighted by molar-refractivity contribution is 6.30. The largest absolute Gasteiger partial charge is 0.325 e. The second-order valence-electron chi connectivity index (χ2n) is 5.22. The van der Waals surface area contributed by atoms with Gasteiger partial charge >= 0.3 is 0 Å². The zero-order valence-electron chi connectivity index (χ0n) is 12.3. The van der Waals surface area contributed by atoms with Crippen molar-refractivity contribution in [3.8, 4) is 0 Å². The van der Waals surface area contributed by atoms with Gasteiger partial charge in [0.2, 0.25) is 5.91 Å². The van der Waals surface area contributed by atoms with E-state index >= 15 is 0 Å². The fourth-order valence-corrected chi connectivity index (χ4v) is 2.38. The molecule has 0 aromatic heterocycles. The van der Waals surface area contributed by atoms with Gasteiger partial charge in [-0.25, -0.2) is 0 Å². The summed E-state index contributed by atoms with van der Waals surface area (Å²) >= 11 is 5.89. The quantitative estimate of drug-likeness (QED) is 0.913. The average Bonchev–Trinajstić information content (AvgIpc) is 2.38. The number of carbonyl (C=O) groups is 1. The van der Waals surface area contributed by atoms with Gasteiger partial charge in [-0.15, -0.1) is 0 Å². The number of likely N-dealkylation sites (N-methyl/N-ethyl adjacent to an activating group) is 1. The summed E-state index contributed by atoms with van der Waals surface area (Å²) in [5.41, 5.74) is 3.15. The van der Waals surface area contributed by atoms with Crippen molar-refractivity contribution in [1.82, 2.24) is 4.90 Å². The molecule has 0 aliphatic rings. The van der Waals surface area contributed by atoms with Crippen LogP contribution in [0, 0.1) is 6.92 Å². The summed E-state index contributed by atoms with van der Waals surface area (Å²) in [4.78, 5) is 14.0. The summed E-state index contributed by atoms with van der Waals surface area (Å²) in [7, 11) is 1.93. The van der Waals surface area contributed by atoms with Crippen LogP contribution in [0.25, 0.3) is 0 Å². The number of anilines is 1. The molecule has 0 aliphatic heterocycles. The molecule has 0 fully saturated rings. The second-order valence-corrected chi connectivity index (χ2v) is 5.66. The van der Waals surface area contributed by atoms with E-state index in [0.29, 0.717) is 11.6 Å². The van der Waals surface area contributed by atoms with Gasteiger partial charge in [0.05, 0.1) is 6.54 Å². The van der Waals surface area contributed by atoms with Crippen molar-refractivity contribution in [2.75, 3.05) is 18.9 Å². The van der Waals surface area contributed by atoms with Gasteiger partial charge in [0.25, 0.3) is 0 Å². The number of halogens is 1. The van der Waals surface area contributed by atoms with E-state index in [1.807, 2.05) is 30.1 Å². The summed E-state index contributed by atoms with van der Waals surface area (Å²) in [6, 6.07) is 15.4. The molecule has 110 valence electrons. The lowest BCUT2D eigenvalue weighted by atomic mass is 10.1. The fraction of sp³-hybridized carbons (Fsp3) is 0.235. The molecule has 0 heterocycles. The first-order valence-corrected chi connectivity index (χ1v) is 7.20. The summed E-state index contributed by atoms with van der Waals surface area (Å²) in [5.74, 6) is -0.0487. The first-order valence-electron chi connectivity index (χ1n) is 6.82. The Bertz CT molecular complexity index is 628. The maximum Gasteiger partial charge on any atom is 0.238 e. The van der Waals surface area contributed by atoms with Gasteiger partial charge < -0.3 is 5.32 Å². The Kier molecular flexibility index (Phi) is 5.37. The smallest absolute Gasteiger partial charge is 0.238 e. The minimum atomic E-state index is -0.0487. The van der Waals surface area contributed by atoms with Crippen LogP contribution in [0.5, 0.6) is 0 Å². The molecule has 2 aromatic carbocycles. The van der Waals surface area contributed by atoms with Gasteiger partial charge in [0.1, 0.15) is 0 Å². The van der Waals surface area contributed by atoms with Crippen molar-refractivity contribution in [2.45, 2.75) is 13.5 Å². The number of nitrogens with one attached hydrogen (secondary N) is 1. The van der Waals surface area contributed by atoms with Gasteiger partial charge in [0, 0.05) is 17.3 Å². The van der Waals surface area contributed by atoms with Crippen LogP contribution in [0.3, 0.4) is 0 Å². The van der Waals surface area contributed by atoms with Crippen LogP contribution in [0.15, 0.2) is 48.5 Å². The van der Waals surface area contributed by atoms with E-state index in [-0.39, 0.29) is 5.91 Å². The van der Waals surface area contributed by atoms with Crippen molar-refractivity contribution >= 4 is 23.2 Å². The highest BCUT2D eigenvalue weighted by Gasteiger charge is 2.08. The molecule has 0 spiro atoms. The van der Waals surface area contributed by atoms with E-state index < -0.39 is 0 Å². The third kappa shape index (κ3) is 5.21. The minimum absolute atomic E-state index is 0.0487. The Hall–Kier alpha value is -1.84. The number of rotatable bonds is 5. The molecule has 4 heteroatoms. The molecule has 0 unspecified atom stereocenters. The van der Waals surface area contributed by atoms with Crippen molar-refractivity contribution in [3.05, 3.63) is 64.7 Å². The van der Waals surface area contributed by atoms with Crippen LogP contribution in [-0.2, 0) is 11.3 Å². The van der Waals surface area contributed by atoms with Crippen LogP contribution >= 0.6 is 11.6 Å². The van der Waals surface area contributed by atoms with Crippen molar-refractivity contribution in [2.24, 2.45) is 0 Å². The molecule has 21 heavy (non-hydrogen) atoms. The van der Waals surface area contributed by atoms with Crippen molar-refractivity contribution in [3.63, 3.8) is 0 Å². The lowest BCUT2D eigenvalue weighted by molar-refractivity contribution is -0.117. The molecule has 2 rings (SSSR count). The molecule has 0 radical (unpaired) electrons. The number of benzene rings is 2. The topological polar surface area (TPSA) is 32.3 Å². The van der Waals surface area contributed by atoms with Gasteiger partial charge in [-0.05, 0) is 37.7 Å². The lowest BCUT2D eigenvalue weighted by Crippen LogP contribution is -2.29. The molecular weight excluding hydrogens is 284 g/mol. The fourth-order valence-electron chi connectivity index (χ4n) is 2.19. The number of amides is 1. The van der Waals surface area contributed by atoms with Gasteiger partial charge in [-0.1, -0.05) is 47.5 Å². The maximum absolute atomic E-state index is 12.0. The highest BCUT2D eigenvalue weighted by Crippen LogP contribution is 2.14. The summed E-state index contributed by atoms with van der Waals surface area (Å²) in [6.07, 6.45) is 0. The molecule has 3 nitrogen and oxygen atoms in total. The average molecular weight is 303 g/mol. The molecule has 1 amide bonds. The Balaban J connectivity index is 1.87. The van der Waals surface area contributed by atoms with Gasteiger partial charge in [-0.2, -0.15) is 0 Å². The molecular formula is C17H19ClN2O. The van der Waals surface area contributed by atoms with Crippen LogP contribution in [-0.4, -0.2) is 24.4 Å². The number of aryl methyl sites for hydroxylation is 1. The van der Waals surface area contributed by atoms with Crippen molar-refractivity contribution in [1.29, 1.82) is 0 Å². The minimum Gasteiger partial charge on any atom is -0.325 e. The normalized spacial score (nSPS) is 10.7. The SMILES string of the molecule is Cc1cccc(CN(C)CC(=O)Nc2cccc(Cl)c2)c1. The van der Waals surface area contributed by atoms with E-state index in [2.05, 4.69) is 30.4 Å². The summed E-state index contributed by atoms with van der Waals surface area (Å²) < 4.78 is 0. The van der Waals surface area contributed by atoms with E-state index in [4.69, 9.17) is 11.6 Å². The third-order valence-electron chi connectivity index (χ3n) is 3.06. The van der Waals surface area contributed by atoms with E-state index in [1.54, 1.807) is 12.1 Å². The number of hydrogen-bond acceptors (Lipinski definition) is 2. The highest BCUT2D eigenvalue weighted by atomic mass is 35.5. The first kappa shape index (κ1) is 15.5. The molecule has 0 atom stereocenters. The molecule has 1 N–H and O–H groups in total. The zero-order valence-corrected chi connectivity index (χ0v) is 13.0. The number of carbonyl (C=O) groups excluding carboxylic acids is 1. The molecule has 0 bridgehead atoms. The Morgan fingerprint density at radius 2 is 1.95 bits per heavy atom.